The molecule has 0 aliphatic heterocycles. The summed E-state index contributed by atoms with van der Waals surface area (Å²) in [6.45, 7) is 3.99. The molecule has 1 atom stereocenters. The van der Waals surface area contributed by atoms with E-state index in [1.807, 2.05) is 6.92 Å². The number of benzene rings is 1. The fourth-order valence-electron chi connectivity index (χ4n) is 1.73. The molecule has 1 unspecified atom stereocenters. The van der Waals surface area contributed by atoms with Gasteiger partial charge in [0.15, 0.2) is 0 Å². The molecule has 1 aromatic rings. The van der Waals surface area contributed by atoms with Crippen LogP contribution >= 0.6 is 0 Å². The second kappa shape index (κ2) is 7.41. The Morgan fingerprint density at radius 1 is 1.26 bits per heavy atom. The summed E-state index contributed by atoms with van der Waals surface area (Å²) in [7, 11) is 0. The SMILES string of the molecule is CCCC(C)NC(=O)CNC(=O)c1ccc(N)cc1. The second-order valence-corrected chi connectivity index (χ2v) is 4.56. The molecular formula is C14H21N3O2. The van der Waals surface area contributed by atoms with Crippen LogP contribution in [0.1, 0.15) is 37.0 Å². The number of nitrogens with one attached hydrogen (secondary N) is 2. The van der Waals surface area contributed by atoms with Crippen LogP contribution in [0.3, 0.4) is 0 Å². The van der Waals surface area contributed by atoms with Crippen LogP contribution in [0, 0.1) is 0 Å². The van der Waals surface area contributed by atoms with Gasteiger partial charge in [-0.3, -0.25) is 9.59 Å². The molecule has 0 aromatic heterocycles. The maximum absolute atomic E-state index is 11.7. The maximum Gasteiger partial charge on any atom is 0.251 e. The van der Waals surface area contributed by atoms with Crippen LogP contribution in [0.15, 0.2) is 24.3 Å². The Morgan fingerprint density at radius 2 is 1.89 bits per heavy atom. The number of hydrogen-bond donors (Lipinski definition) is 3. The summed E-state index contributed by atoms with van der Waals surface area (Å²) in [5.41, 5.74) is 6.63. The summed E-state index contributed by atoms with van der Waals surface area (Å²) in [5, 5.41) is 5.40. The standard InChI is InChI=1S/C14H21N3O2/c1-3-4-10(2)17-13(18)9-16-14(19)11-5-7-12(15)8-6-11/h5-8,10H,3-4,9,15H2,1-2H3,(H,16,19)(H,17,18). The summed E-state index contributed by atoms with van der Waals surface area (Å²) >= 11 is 0. The molecule has 19 heavy (non-hydrogen) atoms. The minimum atomic E-state index is -0.279. The van der Waals surface area contributed by atoms with Crippen molar-refractivity contribution >= 4 is 17.5 Å². The minimum Gasteiger partial charge on any atom is -0.399 e. The molecule has 0 bridgehead atoms. The smallest absolute Gasteiger partial charge is 0.251 e. The van der Waals surface area contributed by atoms with Crippen LogP contribution in [0.5, 0.6) is 0 Å². The van der Waals surface area contributed by atoms with E-state index in [2.05, 4.69) is 17.6 Å². The van der Waals surface area contributed by atoms with Crippen molar-refractivity contribution < 1.29 is 9.59 Å². The van der Waals surface area contributed by atoms with E-state index in [1.54, 1.807) is 24.3 Å². The van der Waals surface area contributed by atoms with Gasteiger partial charge in [-0.25, -0.2) is 0 Å². The molecule has 1 aromatic carbocycles. The monoisotopic (exact) mass is 263 g/mol. The van der Waals surface area contributed by atoms with Crippen LogP contribution in [0.25, 0.3) is 0 Å². The molecule has 2 amide bonds. The fraction of sp³-hybridized carbons (Fsp3) is 0.429. The number of carbonyl (C=O) groups is 2. The van der Waals surface area contributed by atoms with Crippen molar-refractivity contribution in [2.75, 3.05) is 12.3 Å². The van der Waals surface area contributed by atoms with Gasteiger partial charge in [-0.15, -0.1) is 0 Å². The summed E-state index contributed by atoms with van der Waals surface area (Å²) < 4.78 is 0. The first-order valence-electron chi connectivity index (χ1n) is 6.46. The summed E-state index contributed by atoms with van der Waals surface area (Å²) in [6, 6.07) is 6.69. The van der Waals surface area contributed by atoms with Gasteiger partial charge in [0.25, 0.3) is 5.91 Å². The van der Waals surface area contributed by atoms with Gasteiger partial charge in [0.1, 0.15) is 0 Å². The zero-order valence-electron chi connectivity index (χ0n) is 11.4. The normalized spacial score (nSPS) is 11.7. The van der Waals surface area contributed by atoms with E-state index in [1.165, 1.54) is 0 Å². The van der Waals surface area contributed by atoms with Crippen molar-refractivity contribution in [1.29, 1.82) is 0 Å². The lowest BCUT2D eigenvalue weighted by Gasteiger charge is -2.13. The lowest BCUT2D eigenvalue weighted by Crippen LogP contribution is -2.40. The Hall–Kier alpha value is -2.04. The second-order valence-electron chi connectivity index (χ2n) is 4.56. The minimum absolute atomic E-state index is 0.0166. The number of carbonyl (C=O) groups excluding carboxylic acids is 2. The Balaban J connectivity index is 2.37. The number of hydrogen-bond acceptors (Lipinski definition) is 3. The molecule has 0 heterocycles. The highest BCUT2D eigenvalue weighted by atomic mass is 16.2. The van der Waals surface area contributed by atoms with Crippen molar-refractivity contribution in [3.63, 3.8) is 0 Å². The van der Waals surface area contributed by atoms with Gasteiger partial charge in [0.2, 0.25) is 5.91 Å². The summed E-state index contributed by atoms with van der Waals surface area (Å²) in [4.78, 5) is 23.3. The van der Waals surface area contributed by atoms with Gasteiger partial charge in [-0.05, 0) is 37.6 Å². The molecule has 5 nitrogen and oxygen atoms in total. The Bertz CT molecular complexity index is 429. The first kappa shape index (κ1) is 15.0. The zero-order chi connectivity index (χ0) is 14.3. The molecule has 0 saturated heterocycles. The van der Waals surface area contributed by atoms with Crippen LogP contribution in [0.4, 0.5) is 5.69 Å². The molecule has 0 radical (unpaired) electrons. The van der Waals surface area contributed by atoms with Gasteiger partial charge in [-0.2, -0.15) is 0 Å². The van der Waals surface area contributed by atoms with Gasteiger partial charge >= 0.3 is 0 Å². The first-order chi connectivity index (χ1) is 9.02. The predicted molar refractivity (Wildman–Crippen MR) is 75.7 cm³/mol. The Morgan fingerprint density at radius 3 is 2.47 bits per heavy atom. The molecule has 104 valence electrons. The van der Waals surface area contributed by atoms with Crippen molar-refractivity contribution in [2.45, 2.75) is 32.7 Å². The number of amides is 2. The zero-order valence-corrected chi connectivity index (χ0v) is 11.4. The highest BCUT2D eigenvalue weighted by molar-refractivity contribution is 5.96. The molecule has 0 aliphatic rings. The highest BCUT2D eigenvalue weighted by Crippen LogP contribution is 2.04. The van der Waals surface area contributed by atoms with E-state index >= 15 is 0 Å². The average molecular weight is 263 g/mol. The first-order valence-corrected chi connectivity index (χ1v) is 6.46. The maximum atomic E-state index is 11.7. The van der Waals surface area contributed by atoms with Crippen molar-refractivity contribution in [3.8, 4) is 0 Å². The largest absolute Gasteiger partial charge is 0.399 e. The van der Waals surface area contributed by atoms with E-state index in [4.69, 9.17) is 5.73 Å². The molecule has 1 rings (SSSR count). The van der Waals surface area contributed by atoms with E-state index < -0.39 is 0 Å². The molecule has 0 spiro atoms. The van der Waals surface area contributed by atoms with Gasteiger partial charge in [-0.1, -0.05) is 13.3 Å². The third-order valence-electron chi connectivity index (χ3n) is 2.71. The average Bonchev–Trinajstić information content (AvgIpc) is 2.37. The Kier molecular flexibility index (Phi) is 5.85. The van der Waals surface area contributed by atoms with Crippen molar-refractivity contribution in [3.05, 3.63) is 29.8 Å². The molecule has 0 saturated carbocycles. The van der Waals surface area contributed by atoms with Gasteiger partial charge in [0.05, 0.1) is 6.54 Å². The number of anilines is 1. The lowest BCUT2D eigenvalue weighted by atomic mass is 10.2. The number of nitrogen functional groups attached to an aromatic ring is 1. The summed E-state index contributed by atoms with van der Waals surface area (Å²) in [6.07, 6.45) is 1.94. The third kappa shape index (κ3) is 5.42. The third-order valence-corrected chi connectivity index (χ3v) is 2.71. The van der Waals surface area contributed by atoms with E-state index in [9.17, 15) is 9.59 Å². The fourth-order valence-corrected chi connectivity index (χ4v) is 1.73. The highest BCUT2D eigenvalue weighted by Gasteiger charge is 2.09. The van der Waals surface area contributed by atoms with Crippen LogP contribution < -0.4 is 16.4 Å². The van der Waals surface area contributed by atoms with E-state index in [0.717, 1.165) is 12.8 Å². The molecule has 0 fully saturated rings. The number of rotatable bonds is 6. The van der Waals surface area contributed by atoms with Crippen molar-refractivity contribution in [2.24, 2.45) is 0 Å². The predicted octanol–water partition coefficient (Wildman–Crippen LogP) is 1.30. The molecule has 4 N–H and O–H groups in total. The summed E-state index contributed by atoms with van der Waals surface area (Å²) in [5.74, 6) is -0.456. The molecule has 5 heteroatoms. The van der Waals surface area contributed by atoms with Gasteiger partial charge in [0, 0.05) is 17.3 Å². The van der Waals surface area contributed by atoms with Crippen molar-refractivity contribution in [1.82, 2.24) is 10.6 Å². The van der Waals surface area contributed by atoms with E-state index in [-0.39, 0.29) is 24.4 Å². The Labute approximate surface area is 113 Å². The lowest BCUT2D eigenvalue weighted by molar-refractivity contribution is -0.120. The van der Waals surface area contributed by atoms with E-state index in [0.29, 0.717) is 11.3 Å². The molecule has 0 aliphatic carbocycles. The number of nitrogens with two attached hydrogens (primary N) is 1. The quantitative estimate of drug-likeness (QED) is 0.676. The van der Waals surface area contributed by atoms with Crippen LogP contribution in [-0.2, 0) is 4.79 Å². The van der Waals surface area contributed by atoms with Gasteiger partial charge < -0.3 is 16.4 Å². The van der Waals surface area contributed by atoms with Crippen LogP contribution in [-0.4, -0.2) is 24.4 Å². The topological polar surface area (TPSA) is 84.2 Å². The van der Waals surface area contributed by atoms with Crippen LogP contribution in [0.2, 0.25) is 0 Å². The molecular weight excluding hydrogens is 242 g/mol.